The number of hydrogen-bond acceptors (Lipinski definition) is 4. The number of carbonyl (C=O) groups excluding carboxylic acids is 2. The number of nitrogens with zero attached hydrogens (tertiary/aromatic N) is 1. The maximum absolute atomic E-state index is 13.3. The van der Waals surface area contributed by atoms with Crippen LogP contribution in [0.3, 0.4) is 0 Å². The van der Waals surface area contributed by atoms with E-state index in [0.29, 0.717) is 30.9 Å². The largest absolute Gasteiger partial charge is 0.497 e. The molecule has 156 valence electrons. The van der Waals surface area contributed by atoms with Gasteiger partial charge in [0.15, 0.2) is 0 Å². The topological polar surface area (TPSA) is 84.7 Å². The standard InChI is InChI=1S/C22H27N3O3.ClH/c1-22(14-23)12-13-25(15-22)21(27)19(16-6-4-3-5-7-16)24-20(26)17-8-10-18(28-2)11-9-17;/h3-11,19H,12-15,23H2,1-2H3,(H,24,26);1H. The number of likely N-dealkylation sites (tertiary alicyclic amines) is 1. The lowest BCUT2D eigenvalue weighted by Crippen LogP contribution is -2.43. The van der Waals surface area contributed by atoms with Crippen LogP contribution in [0.2, 0.25) is 0 Å². The molecule has 2 amide bonds. The van der Waals surface area contributed by atoms with E-state index in [0.717, 1.165) is 12.0 Å². The molecule has 0 aliphatic carbocycles. The molecule has 29 heavy (non-hydrogen) atoms. The predicted molar refractivity (Wildman–Crippen MR) is 115 cm³/mol. The van der Waals surface area contributed by atoms with Crippen molar-refractivity contribution >= 4 is 24.2 Å². The molecule has 2 aromatic rings. The summed E-state index contributed by atoms with van der Waals surface area (Å²) in [5.74, 6) is 0.265. The van der Waals surface area contributed by atoms with Crippen LogP contribution in [-0.4, -0.2) is 43.5 Å². The first-order valence-corrected chi connectivity index (χ1v) is 9.44. The van der Waals surface area contributed by atoms with Gasteiger partial charge in [-0.1, -0.05) is 37.3 Å². The van der Waals surface area contributed by atoms with E-state index >= 15 is 0 Å². The van der Waals surface area contributed by atoms with E-state index in [2.05, 4.69) is 12.2 Å². The van der Waals surface area contributed by atoms with Crippen molar-refractivity contribution in [2.75, 3.05) is 26.7 Å². The molecule has 7 heteroatoms. The zero-order chi connectivity index (χ0) is 20.1. The first kappa shape index (κ1) is 22.7. The van der Waals surface area contributed by atoms with Gasteiger partial charge in [0.1, 0.15) is 11.8 Å². The minimum Gasteiger partial charge on any atom is -0.497 e. The molecule has 2 aromatic carbocycles. The Morgan fingerprint density at radius 3 is 2.38 bits per heavy atom. The van der Waals surface area contributed by atoms with E-state index in [1.165, 1.54) is 0 Å². The highest BCUT2D eigenvalue weighted by atomic mass is 35.5. The SMILES string of the molecule is COc1ccc(C(=O)NC(C(=O)N2CCC(C)(CN)C2)c2ccccc2)cc1.Cl. The fraction of sp³-hybridized carbons (Fsp3) is 0.364. The van der Waals surface area contributed by atoms with Gasteiger partial charge < -0.3 is 20.7 Å². The van der Waals surface area contributed by atoms with Crippen LogP contribution < -0.4 is 15.8 Å². The molecule has 2 unspecified atom stereocenters. The molecule has 3 N–H and O–H groups in total. The number of rotatable bonds is 6. The van der Waals surface area contributed by atoms with Crippen molar-refractivity contribution in [1.82, 2.24) is 10.2 Å². The summed E-state index contributed by atoms with van der Waals surface area (Å²) >= 11 is 0. The molecule has 1 heterocycles. The van der Waals surface area contributed by atoms with E-state index in [4.69, 9.17) is 10.5 Å². The Bertz CT molecular complexity index is 829. The van der Waals surface area contributed by atoms with Gasteiger partial charge in [0.25, 0.3) is 5.91 Å². The molecule has 1 saturated heterocycles. The van der Waals surface area contributed by atoms with E-state index in [1.54, 1.807) is 36.3 Å². The first-order chi connectivity index (χ1) is 13.5. The Balaban J connectivity index is 0.00000300. The Morgan fingerprint density at radius 2 is 1.83 bits per heavy atom. The number of ether oxygens (including phenoxy) is 1. The molecule has 3 rings (SSSR count). The van der Waals surface area contributed by atoms with E-state index < -0.39 is 6.04 Å². The summed E-state index contributed by atoms with van der Waals surface area (Å²) in [4.78, 5) is 27.9. The average molecular weight is 418 g/mol. The van der Waals surface area contributed by atoms with Crippen molar-refractivity contribution in [2.45, 2.75) is 19.4 Å². The predicted octanol–water partition coefficient (Wildman–Crippen LogP) is 2.79. The van der Waals surface area contributed by atoms with E-state index in [9.17, 15) is 9.59 Å². The average Bonchev–Trinajstić information content (AvgIpc) is 3.15. The van der Waals surface area contributed by atoms with Gasteiger partial charge in [0.2, 0.25) is 5.91 Å². The summed E-state index contributed by atoms with van der Waals surface area (Å²) in [6, 6.07) is 15.4. The fourth-order valence-corrected chi connectivity index (χ4v) is 3.45. The van der Waals surface area contributed by atoms with Crippen LogP contribution in [0.1, 0.15) is 35.3 Å². The summed E-state index contributed by atoms with van der Waals surface area (Å²) in [7, 11) is 1.57. The highest BCUT2D eigenvalue weighted by Crippen LogP contribution is 2.30. The lowest BCUT2D eigenvalue weighted by molar-refractivity contribution is -0.132. The highest BCUT2D eigenvalue weighted by molar-refractivity contribution is 5.98. The number of nitrogens with one attached hydrogen (secondary N) is 1. The summed E-state index contributed by atoms with van der Waals surface area (Å²) in [6.07, 6.45) is 0.864. The number of hydrogen-bond donors (Lipinski definition) is 2. The van der Waals surface area contributed by atoms with Crippen molar-refractivity contribution in [2.24, 2.45) is 11.1 Å². The van der Waals surface area contributed by atoms with Crippen LogP contribution in [0, 0.1) is 5.41 Å². The minimum absolute atomic E-state index is 0. The van der Waals surface area contributed by atoms with Gasteiger partial charge in [0, 0.05) is 18.7 Å². The quantitative estimate of drug-likeness (QED) is 0.756. The second kappa shape index (κ2) is 9.76. The van der Waals surface area contributed by atoms with Crippen molar-refractivity contribution in [3.8, 4) is 5.75 Å². The van der Waals surface area contributed by atoms with Gasteiger partial charge in [-0.3, -0.25) is 9.59 Å². The maximum Gasteiger partial charge on any atom is 0.252 e. The normalized spacial score (nSPS) is 19.2. The van der Waals surface area contributed by atoms with Gasteiger partial charge in [-0.15, -0.1) is 12.4 Å². The molecule has 1 fully saturated rings. The number of methoxy groups -OCH3 is 1. The van der Waals surface area contributed by atoms with Gasteiger partial charge >= 0.3 is 0 Å². The summed E-state index contributed by atoms with van der Waals surface area (Å²) < 4.78 is 5.13. The van der Waals surface area contributed by atoms with Crippen molar-refractivity contribution in [3.05, 3.63) is 65.7 Å². The summed E-state index contributed by atoms with van der Waals surface area (Å²) in [6.45, 7) is 3.87. The Morgan fingerprint density at radius 1 is 1.17 bits per heavy atom. The number of amides is 2. The van der Waals surface area contributed by atoms with Crippen molar-refractivity contribution in [1.29, 1.82) is 0 Å². The van der Waals surface area contributed by atoms with E-state index in [1.807, 2.05) is 30.3 Å². The molecule has 2 atom stereocenters. The molecule has 0 aromatic heterocycles. The molecular formula is C22H28ClN3O3. The smallest absolute Gasteiger partial charge is 0.252 e. The number of halogens is 1. The Kier molecular flexibility index (Phi) is 7.65. The number of carbonyl (C=O) groups is 2. The number of nitrogens with two attached hydrogens (primary N) is 1. The van der Waals surface area contributed by atoms with Crippen LogP contribution in [0.4, 0.5) is 0 Å². The molecule has 1 aliphatic rings. The van der Waals surface area contributed by atoms with Gasteiger partial charge in [0.05, 0.1) is 7.11 Å². The molecular weight excluding hydrogens is 390 g/mol. The van der Waals surface area contributed by atoms with Crippen LogP contribution in [0.5, 0.6) is 5.75 Å². The van der Waals surface area contributed by atoms with Crippen LogP contribution in [-0.2, 0) is 4.79 Å². The Labute approximate surface area is 177 Å². The monoisotopic (exact) mass is 417 g/mol. The molecule has 0 spiro atoms. The Hall–Kier alpha value is -2.57. The second-order valence-electron chi connectivity index (χ2n) is 7.57. The summed E-state index contributed by atoms with van der Waals surface area (Å²) in [5, 5.41) is 2.91. The third kappa shape index (κ3) is 5.28. The fourth-order valence-electron chi connectivity index (χ4n) is 3.45. The summed E-state index contributed by atoms with van der Waals surface area (Å²) in [5.41, 5.74) is 7.04. The minimum atomic E-state index is -0.740. The molecule has 6 nitrogen and oxygen atoms in total. The van der Waals surface area contributed by atoms with Crippen LogP contribution >= 0.6 is 12.4 Å². The van der Waals surface area contributed by atoms with Crippen molar-refractivity contribution in [3.63, 3.8) is 0 Å². The second-order valence-corrected chi connectivity index (χ2v) is 7.57. The molecule has 0 saturated carbocycles. The first-order valence-electron chi connectivity index (χ1n) is 9.44. The van der Waals surface area contributed by atoms with Gasteiger partial charge in [-0.2, -0.15) is 0 Å². The third-order valence-electron chi connectivity index (χ3n) is 5.37. The zero-order valence-corrected chi connectivity index (χ0v) is 17.6. The molecule has 0 radical (unpaired) electrons. The van der Waals surface area contributed by atoms with E-state index in [-0.39, 0.29) is 29.6 Å². The van der Waals surface area contributed by atoms with Gasteiger partial charge in [-0.05, 0) is 48.2 Å². The lowest BCUT2D eigenvalue weighted by Gasteiger charge is -2.27. The van der Waals surface area contributed by atoms with Gasteiger partial charge in [-0.25, -0.2) is 0 Å². The molecule has 0 bridgehead atoms. The van der Waals surface area contributed by atoms with Crippen LogP contribution in [0.25, 0.3) is 0 Å². The lowest BCUT2D eigenvalue weighted by atomic mass is 9.90. The highest BCUT2D eigenvalue weighted by Gasteiger charge is 2.38. The van der Waals surface area contributed by atoms with Crippen molar-refractivity contribution < 1.29 is 14.3 Å². The molecule has 1 aliphatic heterocycles. The zero-order valence-electron chi connectivity index (χ0n) is 16.8. The number of benzene rings is 2. The maximum atomic E-state index is 13.3. The van der Waals surface area contributed by atoms with Crippen LogP contribution in [0.15, 0.2) is 54.6 Å². The third-order valence-corrected chi connectivity index (χ3v) is 5.37.